The van der Waals surface area contributed by atoms with Gasteiger partial charge in [-0.2, -0.15) is 0 Å². The lowest BCUT2D eigenvalue weighted by Crippen LogP contribution is -2.43. The Balaban J connectivity index is 1.47. The molecule has 1 aliphatic heterocycles. The van der Waals surface area contributed by atoms with Gasteiger partial charge in [-0.25, -0.2) is 4.98 Å². The molecule has 1 aromatic heterocycles. The van der Waals surface area contributed by atoms with E-state index < -0.39 is 0 Å². The average Bonchev–Trinajstić information content (AvgIpc) is 3.35. The van der Waals surface area contributed by atoms with E-state index in [0.717, 1.165) is 25.9 Å². The van der Waals surface area contributed by atoms with E-state index in [9.17, 15) is 9.59 Å². The number of carbonyl (C=O) groups excluding carboxylic acids is 2. The Morgan fingerprint density at radius 2 is 1.92 bits per heavy atom. The Morgan fingerprint density at radius 3 is 2.69 bits per heavy atom. The molecule has 0 aliphatic carbocycles. The molecule has 190 valence electrons. The highest BCUT2D eigenvalue weighted by molar-refractivity contribution is 5.92. The highest BCUT2D eigenvalue weighted by Crippen LogP contribution is 2.21. The van der Waals surface area contributed by atoms with Gasteiger partial charge in [0.05, 0.1) is 19.1 Å². The van der Waals surface area contributed by atoms with E-state index in [1.807, 2.05) is 18.2 Å². The molecule has 0 unspecified atom stereocenters. The number of likely N-dealkylation sites (tertiary alicyclic amines) is 1. The predicted octanol–water partition coefficient (Wildman–Crippen LogP) is 4.91. The van der Waals surface area contributed by atoms with Crippen molar-refractivity contribution < 1.29 is 18.7 Å². The van der Waals surface area contributed by atoms with Gasteiger partial charge in [0.15, 0.2) is 5.69 Å². The lowest BCUT2D eigenvalue weighted by atomic mass is 9.98. The van der Waals surface area contributed by atoms with Crippen molar-refractivity contribution in [2.45, 2.75) is 53.2 Å². The monoisotopic (exact) mass is 489 g/mol. The van der Waals surface area contributed by atoms with E-state index in [4.69, 9.17) is 9.15 Å². The Morgan fingerprint density at radius 1 is 1.11 bits per heavy atom. The Hall–Kier alpha value is -3.45. The normalized spacial score (nSPS) is 15.8. The molecule has 0 N–H and O–H groups in total. The van der Waals surface area contributed by atoms with E-state index in [0.29, 0.717) is 32.1 Å². The second kappa shape index (κ2) is 12.0. The third kappa shape index (κ3) is 6.61. The zero-order valence-electron chi connectivity index (χ0n) is 21.4. The molecule has 3 aromatic rings. The summed E-state index contributed by atoms with van der Waals surface area (Å²) in [5.74, 6) is -0.228. The number of carbonyl (C=O) groups is 2. The van der Waals surface area contributed by atoms with Crippen LogP contribution in [0.15, 0.2) is 59.2 Å². The van der Waals surface area contributed by atoms with Crippen LogP contribution in [0.2, 0.25) is 0 Å². The van der Waals surface area contributed by atoms with Crippen molar-refractivity contribution in [3.05, 3.63) is 88.6 Å². The van der Waals surface area contributed by atoms with Crippen molar-refractivity contribution in [2.75, 3.05) is 19.7 Å². The quantitative estimate of drug-likeness (QED) is 0.398. The summed E-state index contributed by atoms with van der Waals surface area (Å²) >= 11 is 0. The van der Waals surface area contributed by atoms with Crippen LogP contribution < -0.4 is 0 Å². The standard InChI is InChI=1S/C29H35N3O4/c1-4-35-29(34)24-11-8-14-32(18-24)28(33)26-20-36-27(30-26)19-31(16-23-9-6-5-7-10-23)17-25-15-21(2)12-13-22(25)3/h5-7,9-10,12-13,15,20,24H,4,8,11,14,16-19H2,1-3H3/t24-/m0/s1. The first-order chi connectivity index (χ1) is 17.4. The molecule has 1 atom stereocenters. The number of rotatable bonds is 9. The maximum atomic E-state index is 13.1. The van der Waals surface area contributed by atoms with Crippen molar-refractivity contribution in [3.63, 3.8) is 0 Å². The predicted molar refractivity (Wildman–Crippen MR) is 137 cm³/mol. The number of amides is 1. The summed E-state index contributed by atoms with van der Waals surface area (Å²) in [4.78, 5) is 33.8. The summed E-state index contributed by atoms with van der Waals surface area (Å²) < 4.78 is 10.9. The molecule has 0 radical (unpaired) electrons. The van der Waals surface area contributed by atoms with Crippen LogP contribution in [0.4, 0.5) is 0 Å². The van der Waals surface area contributed by atoms with Gasteiger partial charge in [0.25, 0.3) is 5.91 Å². The molecule has 2 heterocycles. The van der Waals surface area contributed by atoms with Gasteiger partial charge < -0.3 is 14.1 Å². The van der Waals surface area contributed by atoms with E-state index in [2.05, 4.69) is 54.1 Å². The van der Waals surface area contributed by atoms with Crippen LogP contribution in [0, 0.1) is 19.8 Å². The largest absolute Gasteiger partial charge is 0.466 e. The zero-order valence-corrected chi connectivity index (χ0v) is 21.4. The number of nitrogens with zero attached hydrogens (tertiary/aromatic N) is 3. The highest BCUT2D eigenvalue weighted by Gasteiger charge is 2.31. The molecule has 2 aromatic carbocycles. The number of hydrogen-bond acceptors (Lipinski definition) is 6. The van der Waals surface area contributed by atoms with E-state index in [-0.39, 0.29) is 23.5 Å². The Labute approximate surface area is 213 Å². The average molecular weight is 490 g/mol. The molecule has 7 nitrogen and oxygen atoms in total. The number of hydrogen-bond donors (Lipinski definition) is 0. The second-order valence-electron chi connectivity index (χ2n) is 9.53. The van der Waals surface area contributed by atoms with Gasteiger partial charge in [-0.05, 0) is 50.3 Å². The van der Waals surface area contributed by atoms with Crippen LogP contribution >= 0.6 is 0 Å². The minimum atomic E-state index is -0.284. The first kappa shape index (κ1) is 25.6. The number of benzene rings is 2. The topological polar surface area (TPSA) is 75.9 Å². The second-order valence-corrected chi connectivity index (χ2v) is 9.53. The fraction of sp³-hybridized carbons (Fsp3) is 0.414. The maximum absolute atomic E-state index is 13.1. The van der Waals surface area contributed by atoms with E-state index >= 15 is 0 Å². The number of aromatic nitrogens is 1. The molecule has 1 aliphatic rings. The molecule has 0 saturated carbocycles. The Kier molecular flexibility index (Phi) is 8.54. The van der Waals surface area contributed by atoms with Crippen molar-refractivity contribution in [3.8, 4) is 0 Å². The summed E-state index contributed by atoms with van der Waals surface area (Å²) in [6.45, 7) is 9.26. The van der Waals surface area contributed by atoms with Crippen LogP contribution in [0.1, 0.15) is 58.4 Å². The van der Waals surface area contributed by atoms with Crippen LogP contribution in [-0.2, 0) is 29.2 Å². The van der Waals surface area contributed by atoms with Crippen molar-refractivity contribution >= 4 is 11.9 Å². The van der Waals surface area contributed by atoms with Crippen LogP contribution in [-0.4, -0.2) is 46.4 Å². The van der Waals surface area contributed by atoms with Crippen LogP contribution in [0.5, 0.6) is 0 Å². The summed E-state index contributed by atoms with van der Waals surface area (Å²) in [5.41, 5.74) is 5.20. The molecule has 1 fully saturated rings. The number of piperidine rings is 1. The fourth-order valence-corrected chi connectivity index (χ4v) is 4.67. The van der Waals surface area contributed by atoms with Crippen molar-refractivity contribution in [1.29, 1.82) is 0 Å². The number of ether oxygens (including phenoxy) is 1. The van der Waals surface area contributed by atoms with Gasteiger partial charge in [-0.15, -0.1) is 0 Å². The summed E-state index contributed by atoms with van der Waals surface area (Å²) in [7, 11) is 0. The molecule has 1 saturated heterocycles. The van der Waals surface area contributed by atoms with Gasteiger partial charge in [0, 0.05) is 26.2 Å². The van der Waals surface area contributed by atoms with Crippen molar-refractivity contribution in [2.24, 2.45) is 5.92 Å². The van der Waals surface area contributed by atoms with Crippen LogP contribution in [0.3, 0.4) is 0 Å². The molecule has 36 heavy (non-hydrogen) atoms. The van der Waals surface area contributed by atoms with Gasteiger partial charge in [-0.1, -0.05) is 54.1 Å². The van der Waals surface area contributed by atoms with Crippen molar-refractivity contribution in [1.82, 2.24) is 14.8 Å². The Bertz CT molecular complexity index is 1170. The third-order valence-electron chi connectivity index (χ3n) is 6.61. The minimum Gasteiger partial charge on any atom is -0.466 e. The molecule has 0 bridgehead atoms. The molecule has 4 rings (SSSR count). The fourth-order valence-electron chi connectivity index (χ4n) is 4.67. The van der Waals surface area contributed by atoms with Gasteiger partial charge in [0.2, 0.25) is 5.89 Å². The minimum absolute atomic E-state index is 0.205. The zero-order chi connectivity index (χ0) is 25.5. The molecule has 1 amide bonds. The van der Waals surface area contributed by atoms with E-state index in [1.54, 1.807) is 11.8 Å². The van der Waals surface area contributed by atoms with Gasteiger partial charge in [-0.3, -0.25) is 14.5 Å². The summed E-state index contributed by atoms with van der Waals surface area (Å²) in [5, 5.41) is 0. The smallest absolute Gasteiger partial charge is 0.310 e. The van der Waals surface area contributed by atoms with Crippen LogP contribution in [0.25, 0.3) is 0 Å². The van der Waals surface area contributed by atoms with Gasteiger partial charge >= 0.3 is 5.97 Å². The number of aryl methyl sites for hydroxylation is 2. The number of oxazole rings is 1. The summed E-state index contributed by atoms with van der Waals surface area (Å²) in [6.07, 6.45) is 2.93. The van der Waals surface area contributed by atoms with Gasteiger partial charge in [0.1, 0.15) is 6.26 Å². The molecular weight excluding hydrogens is 454 g/mol. The lowest BCUT2D eigenvalue weighted by Gasteiger charge is -2.30. The molecular formula is C29H35N3O4. The lowest BCUT2D eigenvalue weighted by molar-refractivity contribution is -0.149. The SMILES string of the molecule is CCOC(=O)[C@H]1CCCN(C(=O)c2coc(CN(Cc3ccccc3)Cc3cc(C)ccc3C)n2)C1. The number of esters is 1. The summed E-state index contributed by atoms with van der Waals surface area (Å²) in [6, 6.07) is 16.8. The first-order valence-corrected chi connectivity index (χ1v) is 12.7. The third-order valence-corrected chi connectivity index (χ3v) is 6.61. The molecule has 0 spiro atoms. The molecule has 7 heteroatoms. The first-order valence-electron chi connectivity index (χ1n) is 12.7. The maximum Gasteiger partial charge on any atom is 0.310 e. The van der Waals surface area contributed by atoms with E-state index in [1.165, 1.54) is 28.5 Å². The highest BCUT2D eigenvalue weighted by atomic mass is 16.5.